The molecule has 3 N–H and O–H groups in total. The smallest absolute Gasteiger partial charge is 0.303 e. The van der Waals surface area contributed by atoms with Crippen molar-refractivity contribution in [2.75, 3.05) is 6.61 Å². The second kappa shape index (κ2) is 12.2. The number of aliphatic carboxylic acids is 1. The number of ether oxygens (including phenoxy) is 1. The molecule has 0 radical (unpaired) electrons. The zero-order valence-electron chi connectivity index (χ0n) is 17.0. The number of unbranched alkanes of at least 4 members (excludes halogenated alkanes) is 1. The van der Waals surface area contributed by atoms with Gasteiger partial charge in [0.2, 0.25) is 0 Å². The Morgan fingerprint density at radius 2 is 2.14 bits per heavy atom. The first kappa shape index (κ1) is 23.7. The standard InChI is InChI=1S/C23H33ClO5/c1-2-8-21(25)16-9-7-10-17(13-16)29-15-19-18(20(24)14-22(19)26)11-5-3-4-6-12-23(27)28/h3,5,7,9-10,13,18-22,25-26H,2,4,6,8,11-12,14-15H2,1H3,(H,27,28)/b5-3-/t18-,19-,20-,21?,22-/m1/s1. The van der Waals surface area contributed by atoms with Crippen LogP contribution >= 0.6 is 11.6 Å². The van der Waals surface area contributed by atoms with Gasteiger partial charge in [0, 0.05) is 17.7 Å². The molecule has 0 bridgehead atoms. The predicted octanol–water partition coefficient (Wildman–Crippen LogP) is 4.70. The Morgan fingerprint density at radius 1 is 1.34 bits per heavy atom. The van der Waals surface area contributed by atoms with Crippen LogP contribution in [-0.4, -0.2) is 39.4 Å². The highest BCUT2D eigenvalue weighted by Crippen LogP contribution is 2.39. The number of carboxylic acids is 1. The molecule has 0 aliphatic heterocycles. The van der Waals surface area contributed by atoms with Crippen LogP contribution in [0.25, 0.3) is 0 Å². The Balaban J connectivity index is 1.89. The van der Waals surface area contributed by atoms with Crippen molar-refractivity contribution in [2.45, 2.75) is 69.5 Å². The Morgan fingerprint density at radius 3 is 2.86 bits per heavy atom. The third kappa shape index (κ3) is 7.65. The molecule has 0 amide bonds. The summed E-state index contributed by atoms with van der Waals surface area (Å²) in [5.74, 6) is -0.0471. The molecule has 2 rings (SSSR count). The molecule has 29 heavy (non-hydrogen) atoms. The molecule has 5 atom stereocenters. The molecule has 1 aromatic rings. The number of allylic oxidation sites excluding steroid dienone is 2. The largest absolute Gasteiger partial charge is 0.493 e. The van der Waals surface area contributed by atoms with E-state index in [1.165, 1.54) is 0 Å². The second-order valence-corrected chi connectivity index (χ2v) is 8.39. The molecule has 162 valence electrons. The van der Waals surface area contributed by atoms with Crippen molar-refractivity contribution in [3.63, 3.8) is 0 Å². The van der Waals surface area contributed by atoms with E-state index in [9.17, 15) is 15.0 Å². The monoisotopic (exact) mass is 424 g/mol. The van der Waals surface area contributed by atoms with Gasteiger partial charge in [-0.3, -0.25) is 4.79 Å². The van der Waals surface area contributed by atoms with E-state index in [1.807, 2.05) is 43.3 Å². The van der Waals surface area contributed by atoms with Crippen LogP contribution in [0.5, 0.6) is 5.75 Å². The average molecular weight is 425 g/mol. The summed E-state index contributed by atoms with van der Waals surface area (Å²) in [6.07, 6.45) is 7.45. The van der Waals surface area contributed by atoms with Crippen molar-refractivity contribution in [3.8, 4) is 5.75 Å². The van der Waals surface area contributed by atoms with Gasteiger partial charge in [-0.25, -0.2) is 0 Å². The first-order valence-electron chi connectivity index (χ1n) is 10.5. The average Bonchev–Trinajstić information content (AvgIpc) is 2.95. The van der Waals surface area contributed by atoms with E-state index < -0.39 is 18.2 Å². The van der Waals surface area contributed by atoms with Gasteiger partial charge in [-0.1, -0.05) is 37.6 Å². The molecule has 1 aliphatic rings. The van der Waals surface area contributed by atoms with E-state index in [-0.39, 0.29) is 23.6 Å². The maximum absolute atomic E-state index is 10.5. The van der Waals surface area contributed by atoms with Gasteiger partial charge in [0.1, 0.15) is 5.75 Å². The van der Waals surface area contributed by atoms with Crippen LogP contribution < -0.4 is 4.74 Å². The van der Waals surface area contributed by atoms with Gasteiger partial charge in [-0.05, 0) is 55.7 Å². The van der Waals surface area contributed by atoms with Crippen molar-refractivity contribution < 1.29 is 24.9 Å². The molecule has 1 aromatic carbocycles. The Hall–Kier alpha value is -1.56. The number of aliphatic hydroxyl groups excluding tert-OH is 2. The lowest BCUT2D eigenvalue weighted by Gasteiger charge is -2.23. The summed E-state index contributed by atoms with van der Waals surface area (Å²) in [6, 6.07) is 7.48. The van der Waals surface area contributed by atoms with E-state index in [4.69, 9.17) is 21.4 Å². The fourth-order valence-electron chi connectivity index (χ4n) is 3.88. The highest BCUT2D eigenvalue weighted by atomic mass is 35.5. The SMILES string of the molecule is CCCC(O)c1cccc(OC[C@@H]2[C@@H](C/C=C\CCCC(=O)O)[C@H](Cl)C[C@H]2O)c1. The van der Waals surface area contributed by atoms with Gasteiger partial charge < -0.3 is 20.1 Å². The summed E-state index contributed by atoms with van der Waals surface area (Å²) in [4.78, 5) is 10.5. The number of halogens is 1. The van der Waals surface area contributed by atoms with Gasteiger partial charge in [-0.2, -0.15) is 0 Å². The first-order chi connectivity index (χ1) is 13.9. The molecule has 0 spiro atoms. The zero-order chi connectivity index (χ0) is 21.2. The fourth-order valence-corrected chi connectivity index (χ4v) is 4.35. The number of hydrogen-bond acceptors (Lipinski definition) is 4. The highest BCUT2D eigenvalue weighted by Gasteiger charge is 2.41. The van der Waals surface area contributed by atoms with E-state index >= 15 is 0 Å². The van der Waals surface area contributed by atoms with Crippen LogP contribution in [0.3, 0.4) is 0 Å². The van der Waals surface area contributed by atoms with Gasteiger partial charge in [0.05, 0.1) is 18.8 Å². The van der Waals surface area contributed by atoms with Crippen LogP contribution in [0.1, 0.15) is 63.5 Å². The van der Waals surface area contributed by atoms with E-state index in [1.54, 1.807) is 0 Å². The van der Waals surface area contributed by atoms with Gasteiger partial charge in [-0.15, -0.1) is 11.6 Å². The number of carbonyl (C=O) groups is 1. The minimum Gasteiger partial charge on any atom is -0.493 e. The van der Waals surface area contributed by atoms with Crippen LogP contribution in [0, 0.1) is 11.8 Å². The molecule has 0 heterocycles. The predicted molar refractivity (Wildman–Crippen MR) is 114 cm³/mol. The Kier molecular flexibility index (Phi) is 9.98. The molecule has 0 saturated heterocycles. The molecule has 1 saturated carbocycles. The van der Waals surface area contributed by atoms with E-state index in [2.05, 4.69) is 0 Å². The van der Waals surface area contributed by atoms with Crippen molar-refractivity contribution in [1.29, 1.82) is 0 Å². The number of benzene rings is 1. The quantitative estimate of drug-likeness (QED) is 0.257. The third-order valence-corrected chi connectivity index (χ3v) is 6.06. The molecule has 1 unspecified atom stereocenters. The van der Waals surface area contributed by atoms with E-state index in [0.717, 1.165) is 24.8 Å². The molecular formula is C23H33ClO5. The minimum absolute atomic E-state index is 0.0645. The maximum atomic E-state index is 10.5. The molecule has 1 aliphatic carbocycles. The van der Waals surface area contributed by atoms with Gasteiger partial charge in [0.15, 0.2) is 0 Å². The number of hydrogen-bond donors (Lipinski definition) is 3. The molecule has 6 heteroatoms. The van der Waals surface area contributed by atoms with Crippen LogP contribution in [0.2, 0.25) is 0 Å². The van der Waals surface area contributed by atoms with Gasteiger partial charge >= 0.3 is 5.97 Å². The summed E-state index contributed by atoms with van der Waals surface area (Å²) in [6.45, 7) is 2.41. The molecular weight excluding hydrogens is 392 g/mol. The number of aliphatic hydroxyl groups is 2. The lowest BCUT2D eigenvalue weighted by molar-refractivity contribution is -0.137. The van der Waals surface area contributed by atoms with E-state index in [0.29, 0.717) is 31.6 Å². The van der Waals surface area contributed by atoms with Crippen molar-refractivity contribution in [3.05, 3.63) is 42.0 Å². The number of carboxylic acid groups (broad SMARTS) is 1. The first-order valence-corrected chi connectivity index (χ1v) is 11.0. The van der Waals surface area contributed by atoms with Crippen molar-refractivity contribution >= 4 is 17.6 Å². The van der Waals surface area contributed by atoms with Crippen LogP contribution in [-0.2, 0) is 4.79 Å². The molecule has 5 nitrogen and oxygen atoms in total. The Labute approximate surface area is 178 Å². The summed E-state index contributed by atoms with van der Waals surface area (Å²) >= 11 is 6.47. The minimum atomic E-state index is -0.776. The normalized spacial score (nSPS) is 25.4. The summed E-state index contributed by atoms with van der Waals surface area (Å²) < 4.78 is 5.96. The highest BCUT2D eigenvalue weighted by molar-refractivity contribution is 6.21. The lowest BCUT2D eigenvalue weighted by Crippen LogP contribution is -2.27. The zero-order valence-corrected chi connectivity index (χ0v) is 17.8. The fraction of sp³-hybridized carbons (Fsp3) is 0.609. The number of rotatable bonds is 12. The molecule has 0 aromatic heterocycles. The third-order valence-electron chi connectivity index (χ3n) is 5.56. The topological polar surface area (TPSA) is 87.0 Å². The molecule has 1 fully saturated rings. The summed E-state index contributed by atoms with van der Waals surface area (Å²) in [7, 11) is 0. The second-order valence-electron chi connectivity index (χ2n) is 7.83. The maximum Gasteiger partial charge on any atom is 0.303 e. The van der Waals surface area contributed by atoms with Crippen molar-refractivity contribution in [1.82, 2.24) is 0 Å². The number of alkyl halides is 1. The van der Waals surface area contributed by atoms with Crippen LogP contribution in [0.4, 0.5) is 0 Å². The van der Waals surface area contributed by atoms with Crippen LogP contribution in [0.15, 0.2) is 36.4 Å². The van der Waals surface area contributed by atoms with Crippen molar-refractivity contribution in [2.24, 2.45) is 11.8 Å². The lowest BCUT2D eigenvalue weighted by atomic mass is 9.92. The summed E-state index contributed by atoms with van der Waals surface area (Å²) in [5, 5.41) is 29.2. The summed E-state index contributed by atoms with van der Waals surface area (Å²) in [5.41, 5.74) is 0.840. The van der Waals surface area contributed by atoms with Gasteiger partial charge in [0.25, 0.3) is 0 Å². The Bertz CT molecular complexity index is 662.